The van der Waals surface area contributed by atoms with Crippen LogP contribution in [0.2, 0.25) is 0 Å². The van der Waals surface area contributed by atoms with E-state index in [2.05, 4.69) is 0 Å². The van der Waals surface area contributed by atoms with Crippen molar-refractivity contribution in [2.75, 3.05) is 0 Å². The van der Waals surface area contributed by atoms with Gasteiger partial charge < -0.3 is 9.84 Å². The van der Waals surface area contributed by atoms with Crippen molar-refractivity contribution in [2.45, 2.75) is 26.9 Å². The number of nitro groups is 1. The summed E-state index contributed by atoms with van der Waals surface area (Å²) in [5, 5.41) is 20.8. The summed E-state index contributed by atoms with van der Waals surface area (Å²) in [6.07, 6.45) is -0.755. The molecule has 1 N–H and O–H groups in total. The van der Waals surface area contributed by atoms with Gasteiger partial charge in [-0.25, -0.2) is 0 Å². The second-order valence-electron chi connectivity index (χ2n) is 4.63. The van der Waals surface area contributed by atoms with Gasteiger partial charge in [0.25, 0.3) is 5.06 Å². The Morgan fingerprint density at radius 1 is 1.35 bits per heavy atom. The van der Waals surface area contributed by atoms with Crippen molar-refractivity contribution in [1.82, 2.24) is 0 Å². The maximum absolute atomic E-state index is 11.1. The molecule has 1 heterocycles. The Kier molecular flexibility index (Phi) is 4.06. The molecule has 0 saturated carbocycles. The number of thiophene rings is 1. The Morgan fingerprint density at radius 3 is 2.65 bits per heavy atom. The fourth-order valence-electron chi connectivity index (χ4n) is 1.71. The summed E-state index contributed by atoms with van der Waals surface area (Å²) in [6.45, 7) is 5.37. The van der Waals surface area contributed by atoms with E-state index in [1.165, 1.54) is 6.07 Å². The Balaban J connectivity index is 2.42. The van der Waals surface area contributed by atoms with Gasteiger partial charge in [0.15, 0.2) is 0 Å². The predicted molar refractivity (Wildman–Crippen MR) is 77.6 cm³/mol. The van der Waals surface area contributed by atoms with E-state index < -0.39 is 11.0 Å². The van der Waals surface area contributed by atoms with E-state index >= 15 is 0 Å². The molecule has 6 heteroatoms. The average molecular weight is 293 g/mol. The third kappa shape index (κ3) is 2.97. The zero-order valence-electron chi connectivity index (χ0n) is 11.4. The lowest BCUT2D eigenvalue weighted by molar-refractivity contribution is -0.385. The van der Waals surface area contributed by atoms with Crippen molar-refractivity contribution in [3.05, 3.63) is 50.4 Å². The second kappa shape index (κ2) is 5.60. The molecular formula is C14H15NO4S. The molecule has 0 aliphatic carbocycles. The van der Waals surface area contributed by atoms with Crippen LogP contribution < -0.4 is 4.74 Å². The van der Waals surface area contributed by atoms with E-state index in [-0.39, 0.29) is 10.8 Å². The van der Waals surface area contributed by atoms with Crippen LogP contribution in [-0.4, -0.2) is 10.0 Å². The maximum Gasteiger partial charge on any atom is 0.323 e. The van der Waals surface area contributed by atoms with Crippen molar-refractivity contribution in [1.29, 1.82) is 0 Å². The Labute approximate surface area is 120 Å². The van der Waals surface area contributed by atoms with E-state index in [0.717, 1.165) is 22.5 Å². The topological polar surface area (TPSA) is 72.6 Å². The minimum Gasteiger partial charge on any atom is -0.440 e. The summed E-state index contributed by atoms with van der Waals surface area (Å²) in [7, 11) is 0. The van der Waals surface area contributed by atoms with E-state index in [4.69, 9.17) is 4.74 Å². The van der Waals surface area contributed by atoms with E-state index in [1.54, 1.807) is 6.92 Å². The third-order valence-corrected chi connectivity index (χ3v) is 4.03. The summed E-state index contributed by atoms with van der Waals surface area (Å²) < 4.78 is 5.68. The number of aliphatic hydroxyl groups excluding tert-OH is 1. The van der Waals surface area contributed by atoms with E-state index in [9.17, 15) is 15.2 Å². The number of hydrogen-bond acceptors (Lipinski definition) is 5. The molecule has 0 fully saturated rings. The molecule has 1 aromatic carbocycles. The van der Waals surface area contributed by atoms with Crippen LogP contribution >= 0.6 is 11.3 Å². The second-order valence-corrected chi connectivity index (χ2v) is 5.67. The van der Waals surface area contributed by atoms with Crippen molar-refractivity contribution in [2.24, 2.45) is 0 Å². The van der Waals surface area contributed by atoms with Crippen molar-refractivity contribution in [3.8, 4) is 10.8 Å². The van der Waals surface area contributed by atoms with Crippen LogP contribution in [0.5, 0.6) is 10.8 Å². The number of rotatable bonds is 4. The lowest BCUT2D eigenvalue weighted by atomic mass is 10.1. The molecule has 0 amide bonds. The van der Waals surface area contributed by atoms with Crippen molar-refractivity contribution in [3.63, 3.8) is 0 Å². The molecule has 0 spiro atoms. The van der Waals surface area contributed by atoms with E-state index in [0.29, 0.717) is 10.6 Å². The molecule has 0 radical (unpaired) electrons. The maximum atomic E-state index is 11.1. The fourth-order valence-corrected chi connectivity index (χ4v) is 2.63. The van der Waals surface area contributed by atoms with Gasteiger partial charge in [0.05, 0.1) is 11.0 Å². The zero-order chi connectivity index (χ0) is 14.9. The predicted octanol–water partition coefficient (Wildman–Crippen LogP) is 4.12. The van der Waals surface area contributed by atoms with Gasteiger partial charge in [0, 0.05) is 10.9 Å². The SMILES string of the molecule is Cc1ccc(C)c(Oc2sc([C@@H](C)O)cc2[N+](=O)[O-])c1. The van der Waals surface area contributed by atoms with Gasteiger partial charge in [0.1, 0.15) is 5.75 Å². The van der Waals surface area contributed by atoms with Crippen LogP contribution in [0.3, 0.4) is 0 Å². The molecule has 5 nitrogen and oxygen atoms in total. The van der Waals surface area contributed by atoms with Gasteiger partial charge in [-0.2, -0.15) is 0 Å². The average Bonchev–Trinajstić information content (AvgIpc) is 2.78. The van der Waals surface area contributed by atoms with Gasteiger partial charge in [-0.15, -0.1) is 0 Å². The largest absolute Gasteiger partial charge is 0.440 e. The molecule has 0 bridgehead atoms. The quantitative estimate of drug-likeness (QED) is 0.680. The molecule has 20 heavy (non-hydrogen) atoms. The van der Waals surface area contributed by atoms with Crippen LogP contribution in [0.1, 0.15) is 29.0 Å². The molecule has 106 valence electrons. The number of hydrogen-bond donors (Lipinski definition) is 1. The molecule has 0 unspecified atom stereocenters. The first kappa shape index (κ1) is 14.5. The minimum absolute atomic E-state index is 0.119. The molecular weight excluding hydrogens is 278 g/mol. The standard InChI is InChI=1S/C14H15NO4S/c1-8-4-5-9(2)12(6-8)19-14-11(15(17)18)7-13(20-14)10(3)16/h4-7,10,16H,1-3H3/t10-/m1/s1. The lowest BCUT2D eigenvalue weighted by Gasteiger charge is -2.07. The molecule has 0 aliphatic rings. The van der Waals surface area contributed by atoms with E-state index in [1.807, 2.05) is 32.0 Å². The van der Waals surface area contributed by atoms with Crippen LogP contribution in [-0.2, 0) is 0 Å². The summed E-state index contributed by atoms with van der Waals surface area (Å²) in [4.78, 5) is 11.1. The van der Waals surface area contributed by atoms with Crippen LogP contribution in [0.25, 0.3) is 0 Å². The van der Waals surface area contributed by atoms with Crippen LogP contribution in [0.4, 0.5) is 5.69 Å². The normalized spacial score (nSPS) is 12.2. The number of ether oxygens (including phenoxy) is 1. The Bertz CT molecular complexity index is 649. The highest BCUT2D eigenvalue weighted by atomic mass is 32.1. The highest BCUT2D eigenvalue weighted by Gasteiger charge is 2.23. The Hall–Kier alpha value is -1.92. The molecule has 0 saturated heterocycles. The number of nitrogens with zero attached hydrogens (tertiary/aromatic N) is 1. The number of benzene rings is 1. The van der Waals surface area contributed by atoms with Crippen molar-refractivity contribution < 1.29 is 14.8 Å². The lowest BCUT2D eigenvalue weighted by Crippen LogP contribution is -1.91. The Morgan fingerprint density at radius 2 is 2.05 bits per heavy atom. The smallest absolute Gasteiger partial charge is 0.323 e. The highest BCUT2D eigenvalue weighted by molar-refractivity contribution is 7.14. The van der Waals surface area contributed by atoms with Gasteiger partial charge in [0.2, 0.25) is 0 Å². The monoisotopic (exact) mass is 293 g/mol. The van der Waals surface area contributed by atoms with Crippen LogP contribution in [0, 0.1) is 24.0 Å². The first-order valence-corrected chi connectivity index (χ1v) is 6.91. The van der Waals surface area contributed by atoms with Gasteiger partial charge in [-0.05, 0) is 38.0 Å². The van der Waals surface area contributed by atoms with Crippen LogP contribution in [0.15, 0.2) is 24.3 Å². The molecule has 2 rings (SSSR count). The van der Waals surface area contributed by atoms with Gasteiger partial charge in [-0.3, -0.25) is 10.1 Å². The molecule has 0 aliphatic heterocycles. The summed E-state index contributed by atoms with van der Waals surface area (Å²) in [5.41, 5.74) is 1.80. The number of aliphatic hydroxyl groups is 1. The summed E-state index contributed by atoms with van der Waals surface area (Å²) >= 11 is 1.09. The molecule has 1 atom stereocenters. The van der Waals surface area contributed by atoms with Gasteiger partial charge >= 0.3 is 5.69 Å². The zero-order valence-corrected chi connectivity index (χ0v) is 12.2. The molecule has 1 aromatic heterocycles. The fraction of sp³-hybridized carbons (Fsp3) is 0.286. The highest BCUT2D eigenvalue weighted by Crippen LogP contribution is 2.42. The first-order valence-electron chi connectivity index (χ1n) is 6.09. The molecule has 2 aromatic rings. The van der Waals surface area contributed by atoms with Gasteiger partial charge in [-0.1, -0.05) is 23.5 Å². The number of aryl methyl sites for hydroxylation is 2. The third-order valence-electron chi connectivity index (χ3n) is 2.85. The first-order chi connectivity index (χ1) is 9.38. The minimum atomic E-state index is -0.755. The van der Waals surface area contributed by atoms with Crippen molar-refractivity contribution >= 4 is 17.0 Å². The summed E-state index contributed by atoms with van der Waals surface area (Å²) in [5.74, 6) is 0.590. The summed E-state index contributed by atoms with van der Waals surface area (Å²) in [6, 6.07) is 7.04.